The van der Waals surface area contributed by atoms with Crippen LogP contribution in [0.1, 0.15) is 47.4 Å². The molecule has 34 heavy (non-hydrogen) atoms. The minimum absolute atomic E-state index is 0.0401. The number of hydrogen-bond donors (Lipinski definition) is 0. The van der Waals surface area contributed by atoms with Crippen molar-refractivity contribution in [2.45, 2.75) is 38.7 Å². The Morgan fingerprint density at radius 2 is 1.76 bits per heavy atom. The Kier molecular flexibility index (Phi) is 5.83. The average Bonchev–Trinajstić information content (AvgIpc) is 2.83. The Hall–Kier alpha value is -3.29. The van der Waals surface area contributed by atoms with E-state index in [0.29, 0.717) is 46.9 Å². The smallest absolute Gasteiger partial charge is 0.260 e. The predicted octanol–water partition coefficient (Wildman–Crippen LogP) is 4.38. The fraction of sp³-hybridized carbons (Fsp3) is 0.308. The third kappa shape index (κ3) is 4.06. The number of pyridine rings is 2. The highest BCUT2D eigenvalue weighted by molar-refractivity contribution is 6.30. The van der Waals surface area contributed by atoms with Crippen LogP contribution in [-0.4, -0.2) is 25.7 Å². The summed E-state index contributed by atoms with van der Waals surface area (Å²) in [5, 5.41) is 0.594. The molecule has 5 rings (SSSR count). The highest BCUT2D eigenvalue weighted by Crippen LogP contribution is 2.37. The van der Waals surface area contributed by atoms with E-state index in [1.165, 1.54) is 4.57 Å². The summed E-state index contributed by atoms with van der Waals surface area (Å²) in [5.74, 6) is -0.0401. The molecule has 7 nitrogen and oxygen atoms in total. The van der Waals surface area contributed by atoms with Crippen LogP contribution in [-0.2, 0) is 11.8 Å². The van der Waals surface area contributed by atoms with Crippen molar-refractivity contribution < 1.29 is 4.74 Å². The number of benzene rings is 1. The lowest BCUT2D eigenvalue weighted by Gasteiger charge is -2.30. The second-order valence-electron chi connectivity index (χ2n) is 8.81. The SMILES string of the molecule is Cc1nc2cc([C@H]3CCO[C@@H](c4ccn(C)c(=O)c4)C3)c(=O)n(-c3ccc(Cl)cc3)c2nc1C. The van der Waals surface area contributed by atoms with Crippen LogP contribution in [0.15, 0.2) is 58.3 Å². The van der Waals surface area contributed by atoms with Crippen LogP contribution in [0.5, 0.6) is 0 Å². The van der Waals surface area contributed by atoms with Gasteiger partial charge in [-0.3, -0.25) is 14.2 Å². The molecule has 4 heterocycles. The standard InChI is InChI=1S/C26H25ClN4O3/c1-15-16(2)29-25-22(28-15)14-21(26(33)31(25)20-6-4-19(27)5-7-20)17-9-11-34-23(12-17)18-8-10-30(3)24(32)13-18/h4-8,10,13-14,17,23H,9,11-12H2,1-3H3/t17-,23+/m0/s1. The molecule has 2 atom stereocenters. The maximum Gasteiger partial charge on any atom is 0.260 e. The largest absolute Gasteiger partial charge is 0.373 e. The number of aromatic nitrogens is 4. The first-order chi connectivity index (χ1) is 16.3. The summed E-state index contributed by atoms with van der Waals surface area (Å²) >= 11 is 6.10. The molecule has 3 aromatic heterocycles. The van der Waals surface area contributed by atoms with Gasteiger partial charge in [0, 0.05) is 36.5 Å². The Labute approximate surface area is 201 Å². The maximum absolute atomic E-state index is 13.9. The molecule has 4 aromatic rings. The van der Waals surface area contributed by atoms with Crippen molar-refractivity contribution in [3.63, 3.8) is 0 Å². The van der Waals surface area contributed by atoms with Crippen molar-refractivity contribution in [2.24, 2.45) is 7.05 Å². The molecule has 174 valence electrons. The van der Waals surface area contributed by atoms with Gasteiger partial charge in [-0.05, 0) is 74.6 Å². The minimum atomic E-state index is -0.252. The highest BCUT2D eigenvalue weighted by Gasteiger charge is 2.29. The van der Waals surface area contributed by atoms with Gasteiger partial charge >= 0.3 is 0 Å². The average molecular weight is 477 g/mol. The van der Waals surface area contributed by atoms with Crippen LogP contribution in [0.3, 0.4) is 0 Å². The number of aryl methyl sites for hydroxylation is 3. The van der Waals surface area contributed by atoms with E-state index in [2.05, 4.69) is 0 Å². The first-order valence-electron chi connectivity index (χ1n) is 11.3. The Morgan fingerprint density at radius 1 is 1.03 bits per heavy atom. The number of fused-ring (bicyclic) bond motifs is 1. The topological polar surface area (TPSA) is 79.0 Å². The molecule has 8 heteroatoms. The second-order valence-corrected chi connectivity index (χ2v) is 9.25. The molecule has 1 fully saturated rings. The van der Waals surface area contributed by atoms with Crippen molar-refractivity contribution in [2.75, 3.05) is 6.61 Å². The molecule has 0 radical (unpaired) electrons. The molecule has 1 aromatic carbocycles. The Morgan fingerprint density at radius 3 is 2.50 bits per heavy atom. The Bertz CT molecular complexity index is 1510. The molecule has 1 aliphatic rings. The zero-order valence-corrected chi connectivity index (χ0v) is 20.0. The predicted molar refractivity (Wildman–Crippen MR) is 132 cm³/mol. The summed E-state index contributed by atoms with van der Waals surface area (Å²) in [7, 11) is 1.72. The molecule has 1 saturated heterocycles. The van der Waals surface area contributed by atoms with Crippen LogP contribution in [0, 0.1) is 13.8 Å². The lowest BCUT2D eigenvalue weighted by molar-refractivity contribution is 0.00492. The zero-order valence-electron chi connectivity index (χ0n) is 19.3. The van der Waals surface area contributed by atoms with E-state index in [0.717, 1.165) is 17.0 Å². The molecule has 0 spiro atoms. The fourth-order valence-corrected chi connectivity index (χ4v) is 4.63. The summed E-state index contributed by atoms with van der Waals surface area (Å²) < 4.78 is 9.16. The maximum atomic E-state index is 13.9. The van der Waals surface area contributed by atoms with E-state index in [9.17, 15) is 9.59 Å². The van der Waals surface area contributed by atoms with Gasteiger partial charge in [-0.1, -0.05) is 11.6 Å². The van der Waals surface area contributed by atoms with Crippen molar-refractivity contribution in [3.05, 3.63) is 96.9 Å². The molecule has 0 unspecified atom stereocenters. The number of nitrogens with zero attached hydrogens (tertiary/aromatic N) is 4. The quantitative estimate of drug-likeness (QED) is 0.438. The van der Waals surface area contributed by atoms with Gasteiger partial charge in [-0.2, -0.15) is 0 Å². The monoisotopic (exact) mass is 476 g/mol. The number of halogens is 1. The van der Waals surface area contributed by atoms with Gasteiger partial charge in [-0.25, -0.2) is 9.97 Å². The summed E-state index contributed by atoms with van der Waals surface area (Å²) in [4.78, 5) is 35.5. The van der Waals surface area contributed by atoms with Crippen LogP contribution in [0.25, 0.3) is 16.9 Å². The number of ether oxygens (including phenoxy) is 1. The first kappa shape index (κ1) is 22.5. The summed E-state index contributed by atoms with van der Waals surface area (Å²) in [6.45, 7) is 4.31. The van der Waals surface area contributed by atoms with Crippen LogP contribution >= 0.6 is 11.6 Å². The fourth-order valence-electron chi connectivity index (χ4n) is 4.50. The van der Waals surface area contributed by atoms with Gasteiger partial charge in [0.1, 0.15) is 5.52 Å². The zero-order chi connectivity index (χ0) is 24.0. The first-order valence-corrected chi connectivity index (χ1v) is 11.6. The van der Waals surface area contributed by atoms with E-state index in [4.69, 9.17) is 26.3 Å². The van der Waals surface area contributed by atoms with Crippen LogP contribution < -0.4 is 11.1 Å². The highest BCUT2D eigenvalue weighted by atomic mass is 35.5. The van der Waals surface area contributed by atoms with Crippen molar-refractivity contribution >= 4 is 22.8 Å². The van der Waals surface area contributed by atoms with E-state index in [-0.39, 0.29) is 23.1 Å². The second kappa shape index (κ2) is 8.81. The molecule has 0 aliphatic carbocycles. The van der Waals surface area contributed by atoms with Gasteiger partial charge in [0.25, 0.3) is 11.1 Å². The normalized spacial score (nSPS) is 18.4. The van der Waals surface area contributed by atoms with Gasteiger partial charge in [0.05, 0.1) is 23.2 Å². The summed E-state index contributed by atoms with van der Waals surface area (Å²) in [6.07, 6.45) is 2.81. The van der Waals surface area contributed by atoms with E-state index in [1.54, 1.807) is 36.0 Å². The molecule has 0 saturated carbocycles. The third-order valence-electron chi connectivity index (χ3n) is 6.58. The molecule has 0 amide bonds. The number of rotatable bonds is 3. The molecular formula is C26H25ClN4O3. The van der Waals surface area contributed by atoms with Crippen molar-refractivity contribution in [1.29, 1.82) is 0 Å². The van der Waals surface area contributed by atoms with Crippen LogP contribution in [0.2, 0.25) is 5.02 Å². The summed E-state index contributed by atoms with van der Waals surface area (Å²) in [6, 6.07) is 12.5. The molecule has 0 N–H and O–H groups in total. The van der Waals surface area contributed by atoms with Crippen molar-refractivity contribution in [1.82, 2.24) is 19.1 Å². The van der Waals surface area contributed by atoms with E-state index in [1.807, 2.05) is 38.1 Å². The number of hydrogen-bond acceptors (Lipinski definition) is 5. The Balaban J connectivity index is 1.64. The van der Waals surface area contributed by atoms with Gasteiger partial charge in [0.2, 0.25) is 0 Å². The summed E-state index contributed by atoms with van der Waals surface area (Å²) in [5.41, 5.74) is 4.79. The van der Waals surface area contributed by atoms with Crippen molar-refractivity contribution in [3.8, 4) is 5.69 Å². The van der Waals surface area contributed by atoms with Gasteiger partial charge in [-0.15, -0.1) is 0 Å². The van der Waals surface area contributed by atoms with Crippen LogP contribution in [0.4, 0.5) is 0 Å². The molecule has 0 bridgehead atoms. The lowest BCUT2D eigenvalue weighted by atomic mass is 9.87. The molecular weight excluding hydrogens is 452 g/mol. The lowest BCUT2D eigenvalue weighted by Crippen LogP contribution is -2.29. The van der Waals surface area contributed by atoms with Gasteiger partial charge in [0.15, 0.2) is 5.65 Å². The minimum Gasteiger partial charge on any atom is -0.373 e. The van der Waals surface area contributed by atoms with E-state index >= 15 is 0 Å². The van der Waals surface area contributed by atoms with E-state index < -0.39 is 0 Å². The third-order valence-corrected chi connectivity index (χ3v) is 6.83. The van der Waals surface area contributed by atoms with Gasteiger partial charge < -0.3 is 9.30 Å². The molecule has 1 aliphatic heterocycles.